The number of aryl methyl sites for hydroxylation is 1. The quantitative estimate of drug-likeness (QED) is 0.262. The van der Waals surface area contributed by atoms with Crippen LogP contribution < -0.4 is 0 Å². The number of alkyl halides is 2. The van der Waals surface area contributed by atoms with E-state index in [1.165, 1.54) is 0 Å². The molecule has 2 amide bonds. The predicted molar refractivity (Wildman–Crippen MR) is 107 cm³/mol. The Morgan fingerprint density at radius 3 is 2.11 bits per heavy atom. The highest BCUT2D eigenvalue weighted by Crippen LogP contribution is 2.60. The minimum absolute atomic E-state index is 0.0972. The average Bonchev–Trinajstić information content (AvgIpc) is 3.27. The third kappa shape index (κ3) is 3.14. The zero-order chi connectivity index (χ0) is 20.2. The number of amides is 2. The van der Waals surface area contributed by atoms with Crippen LogP contribution in [0.3, 0.4) is 0 Å². The summed E-state index contributed by atoms with van der Waals surface area (Å²) in [5.41, 5.74) is 1.47. The summed E-state index contributed by atoms with van der Waals surface area (Å²) in [7, 11) is 0. The molecule has 0 radical (unpaired) electrons. The molecule has 3 aliphatic rings. The predicted octanol–water partition coefficient (Wildman–Crippen LogP) is 2.50. The van der Waals surface area contributed by atoms with Crippen molar-refractivity contribution < 1.29 is 23.9 Å². The second kappa shape index (κ2) is 7.37. The fourth-order valence-corrected chi connectivity index (χ4v) is 6.58. The molecule has 1 heterocycles. The van der Waals surface area contributed by atoms with E-state index in [4.69, 9.17) is 4.74 Å². The highest BCUT2D eigenvalue weighted by molar-refractivity contribution is 9.12. The van der Waals surface area contributed by atoms with E-state index in [0.717, 1.165) is 16.9 Å². The lowest BCUT2D eigenvalue weighted by molar-refractivity contribution is -0.152. The van der Waals surface area contributed by atoms with Gasteiger partial charge in [-0.25, -0.2) is 0 Å². The number of benzene rings is 1. The number of esters is 1. The van der Waals surface area contributed by atoms with Gasteiger partial charge in [0.1, 0.15) is 6.54 Å². The zero-order valence-corrected chi connectivity index (χ0v) is 18.3. The minimum Gasteiger partial charge on any atom is -0.456 e. The van der Waals surface area contributed by atoms with Crippen LogP contribution in [0.4, 0.5) is 0 Å². The Kier molecular flexibility index (Phi) is 5.20. The van der Waals surface area contributed by atoms with Crippen LogP contribution in [0.25, 0.3) is 0 Å². The Labute approximate surface area is 179 Å². The third-order valence-corrected chi connectivity index (χ3v) is 9.31. The molecule has 0 N–H and O–H groups in total. The van der Waals surface area contributed by atoms with E-state index in [9.17, 15) is 19.2 Å². The first-order valence-corrected chi connectivity index (χ1v) is 11.0. The van der Waals surface area contributed by atoms with Crippen molar-refractivity contribution in [3.63, 3.8) is 0 Å². The zero-order valence-electron chi connectivity index (χ0n) is 15.1. The van der Waals surface area contributed by atoms with Gasteiger partial charge in [0.2, 0.25) is 11.8 Å². The van der Waals surface area contributed by atoms with Crippen LogP contribution in [0.1, 0.15) is 22.3 Å². The molecule has 2 saturated carbocycles. The highest BCUT2D eigenvalue weighted by atomic mass is 79.9. The number of imide groups is 1. The molecular formula is C20H19Br2NO5. The second-order valence-electron chi connectivity index (χ2n) is 7.72. The van der Waals surface area contributed by atoms with Gasteiger partial charge in [-0.05, 0) is 25.2 Å². The molecule has 8 heteroatoms. The molecule has 3 fully saturated rings. The first-order chi connectivity index (χ1) is 13.3. The molecule has 0 aromatic heterocycles. The summed E-state index contributed by atoms with van der Waals surface area (Å²) >= 11 is 7.25. The van der Waals surface area contributed by atoms with E-state index in [1.807, 2.05) is 6.92 Å². The van der Waals surface area contributed by atoms with Crippen molar-refractivity contribution in [1.82, 2.24) is 4.90 Å². The monoisotopic (exact) mass is 511 g/mol. The Morgan fingerprint density at radius 2 is 1.57 bits per heavy atom. The molecule has 0 unspecified atom stereocenters. The maximum atomic E-state index is 12.8. The van der Waals surface area contributed by atoms with E-state index >= 15 is 0 Å². The van der Waals surface area contributed by atoms with E-state index in [1.54, 1.807) is 24.3 Å². The van der Waals surface area contributed by atoms with Gasteiger partial charge < -0.3 is 4.74 Å². The Hall–Kier alpha value is -1.54. The standard InChI is InChI=1S/C20H19Br2NO5/c1-9-2-4-10(5-3-9)13(24)8-28-14(25)7-23-19(26)15-11-6-12(16(15)20(23)27)18(22)17(11)21/h2-5,11-12,15-18H,6-8H2,1H3/t11-,12-,15-,16-,17-,18+/m0/s1. The fourth-order valence-electron chi connectivity index (χ4n) is 4.71. The van der Waals surface area contributed by atoms with Crippen molar-refractivity contribution in [2.75, 3.05) is 13.2 Å². The summed E-state index contributed by atoms with van der Waals surface area (Å²) in [6.07, 6.45) is 0.835. The van der Waals surface area contributed by atoms with Gasteiger partial charge in [0.15, 0.2) is 12.4 Å². The van der Waals surface area contributed by atoms with Gasteiger partial charge in [-0.3, -0.25) is 24.1 Å². The molecule has 4 rings (SSSR count). The molecule has 28 heavy (non-hydrogen) atoms. The first-order valence-electron chi connectivity index (χ1n) is 9.18. The number of likely N-dealkylation sites (tertiary alicyclic amines) is 1. The van der Waals surface area contributed by atoms with Gasteiger partial charge in [0.25, 0.3) is 0 Å². The second-order valence-corrected chi connectivity index (χ2v) is 9.83. The number of Topliss-reactive ketones (excluding diaryl/α,β-unsaturated/α-hetero) is 1. The number of carbonyl (C=O) groups excluding carboxylic acids is 4. The van der Waals surface area contributed by atoms with Crippen LogP contribution in [0.5, 0.6) is 0 Å². The van der Waals surface area contributed by atoms with Gasteiger partial charge in [0.05, 0.1) is 11.8 Å². The Morgan fingerprint density at radius 1 is 1.04 bits per heavy atom. The van der Waals surface area contributed by atoms with Crippen LogP contribution in [0.2, 0.25) is 0 Å². The molecule has 2 aliphatic carbocycles. The Balaban J connectivity index is 1.36. The van der Waals surface area contributed by atoms with Gasteiger partial charge in [-0.2, -0.15) is 0 Å². The molecule has 1 saturated heterocycles. The number of ether oxygens (including phenoxy) is 1. The molecule has 148 valence electrons. The van der Waals surface area contributed by atoms with Gasteiger partial charge >= 0.3 is 5.97 Å². The average molecular weight is 513 g/mol. The lowest BCUT2D eigenvalue weighted by atomic mass is 9.81. The number of carbonyl (C=O) groups is 4. The SMILES string of the molecule is Cc1ccc(C(=O)COC(=O)CN2C(=O)[C@H]3[C@@H]4C[C@H]([C@@H](Br)[C@H]4Br)[C@@H]3C2=O)cc1. The van der Waals surface area contributed by atoms with Crippen LogP contribution in [-0.2, 0) is 19.1 Å². The van der Waals surface area contributed by atoms with Crippen LogP contribution in [0, 0.1) is 30.6 Å². The highest BCUT2D eigenvalue weighted by Gasteiger charge is 2.66. The first kappa shape index (κ1) is 19.8. The van der Waals surface area contributed by atoms with Gasteiger partial charge in [0, 0.05) is 15.2 Å². The summed E-state index contributed by atoms with van der Waals surface area (Å²) in [4.78, 5) is 51.1. The molecule has 6 atom stereocenters. The molecule has 1 aromatic carbocycles. The van der Waals surface area contributed by atoms with E-state index in [-0.39, 0.29) is 50.9 Å². The topological polar surface area (TPSA) is 80.8 Å². The van der Waals surface area contributed by atoms with Crippen molar-refractivity contribution >= 4 is 55.4 Å². The molecule has 1 aliphatic heterocycles. The number of hydrogen-bond donors (Lipinski definition) is 0. The van der Waals surface area contributed by atoms with Crippen molar-refractivity contribution in [3.8, 4) is 0 Å². The van der Waals surface area contributed by atoms with Crippen LogP contribution in [0.15, 0.2) is 24.3 Å². The lowest BCUT2D eigenvalue weighted by Crippen LogP contribution is -2.38. The molecule has 2 bridgehead atoms. The molecule has 0 spiro atoms. The molecule has 1 aromatic rings. The van der Waals surface area contributed by atoms with Crippen molar-refractivity contribution in [2.24, 2.45) is 23.7 Å². The number of nitrogens with zero attached hydrogens (tertiary/aromatic N) is 1. The molecular weight excluding hydrogens is 494 g/mol. The van der Waals surface area contributed by atoms with Crippen molar-refractivity contribution in [1.29, 1.82) is 0 Å². The number of fused-ring (bicyclic) bond motifs is 5. The normalized spacial score (nSPS) is 33.3. The molecule has 6 nitrogen and oxygen atoms in total. The summed E-state index contributed by atoms with van der Waals surface area (Å²) in [5.74, 6) is -2.21. The third-order valence-electron chi connectivity index (χ3n) is 6.10. The number of halogens is 2. The fraction of sp³-hybridized carbons (Fsp3) is 0.500. The van der Waals surface area contributed by atoms with E-state index < -0.39 is 19.1 Å². The minimum atomic E-state index is -0.750. The van der Waals surface area contributed by atoms with E-state index in [2.05, 4.69) is 31.9 Å². The number of hydrogen-bond acceptors (Lipinski definition) is 5. The van der Waals surface area contributed by atoms with Crippen LogP contribution in [-0.4, -0.2) is 51.3 Å². The Bertz CT molecular complexity index is 823. The largest absolute Gasteiger partial charge is 0.456 e. The van der Waals surface area contributed by atoms with E-state index in [0.29, 0.717) is 5.56 Å². The summed E-state index contributed by atoms with van der Waals surface area (Å²) < 4.78 is 5.03. The van der Waals surface area contributed by atoms with Crippen molar-refractivity contribution in [2.45, 2.75) is 23.0 Å². The maximum Gasteiger partial charge on any atom is 0.326 e. The van der Waals surface area contributed by atoms with Crippen LogP contribution >= 0.6 is 31.9 Å². The lowest BCUT2D eigenvalue weighted by Gasteiger charge is -2.28. The maximum absolute atomic E-state index is 12.8. The van der Waals surface area contributed by atoms with Gasteiger partial charge in [-0.15, -0.1) is 0 Å². The number of rotatable bonds is 5. The summed E-state index contributed by atoms with van der Waals surface area (Å²) in [5, 5.41) is 0. The van der Waals surface area contributed by atoms with Crippen molar-refractivity contribution in [3.05, 3.63) is 35.4 Å². The smallest absolute Gasteiger partial charge is 0.326 e. The number of ketones is 1. The summed E-state index contributed by atoms with van der Waals surface area (Å²) in [6.45, 7) is 1.06. The summed E-state index contributed by atoms with van der Waals surface area (Å²) in [6, 6.07) is 6.95. The van der Waals surface area contributed by atoms with Gasteiger partial charge in [-0.1, -0.05) is 61.7 Å².